The van der Waals surface area contributed by atoms with Gasteiger partial charge in [0.2, 0.25) is 0 Å². The first kappa shape index (κ1) is 15.2. The van der Waals surface area contributed by atoms with Gasteiger partial charge in [-0.2, -0.15) is 13.2 Å². The molecule has 9 heteroatoms. The zero-order chi connectivity index (χ0) is 15.6. The summed E-state index contributed by atoms with van der Waals surface area (Å²) in [5, 5.41) is 2.62. The number of nitrogens with one attached hydrogen (secondary N) is 1. The molecule has 0 unspecified atom stereocenters. The van der Waals surface area contributed by atoms with Crippen molar-refractivity contribution in [3.8, 4) is 5.75 Å². The molecular weight excluding hydrogens is 312 g/mol. The van der Waals surface area contributed by atoms with Crippen molar-refractivity contribution in [2.75, 3.05) is 12.4 Å². The highest BCUT2D eigenvalue weighted by atomic mass is 32.1. The minimum absolute atomic E-state index is 0.220. The Kier molecular flexibility index (Phi) is 4.12. The minimum atomic E-state index is -4.59. The van der Waals surface area contributed by atoms with E-state index in [1.54, 1.807) is 0 Å². The van der Waals surface area contributed by atoms with Crippen molar-refractivity contribution < 1.29 is 27.1 Å². The molecule has 4 nitrogen and oxygen atoms in total. The first-order valence-corrected chi connectivity index (χ1v) is 6.37. The van der Waals surface area contributed by atoms with Gasteiger partial charge in [-0.05, 0) is 12.1 Å². The molecule has 1 N–H and O–H groups in total. The molecule has 0 saturated carbocycles. The molecule has 112 valence electrons. The quantitative estimate of drug-likeness (QED) is 0.880. The van der Waals surface area contributed by atoms with Gasteiger partial charge in [-0.3, -0.25) is 10.1 Å². The number of nitrogens with zero attached hydrogens (tertiary/aromatic N) is 1. The molecule has 2 rings (SSSR count). The van der Waals surface area contributed by atoms with Gasteiger partial charge in [0.25, 0.3) is 5.91 Å². The lowest BCUT2D eigenvalue weighted by Crippen LogP contribution is -2.14. The fourth-order valence-electron chi connectivity index (χ4n) is 1.43. The van der Waals surface area contributed by atoms with E-state index in [4.69, 9.17) is 4.74 Å². The van der Waals surface area contributed by atoms with Crippen molar-refractivity contribution >= 4 is 22.4 Å². The Labute approximate surface area is 120 Å². The summed E-state index contributed by atoms with van der Waals surface area (Å²) in [7, 11) is 1.34. The SMILES string of the molecule is COc1ccc(C(=O)Nc2nc(C(F)(F)F)cs2)c(F)c1. The number of anilines is 1. The molecule has 0 aliphatic carbocycles. The predicted octanol–water partition coefficient (Wildman–Crippen LogP) is 3.56. The molecule has 1 aromatic heterocycles. The summed E-state index contributed by atoms with van der Waals surface area (Å²) in [5.41, 5.74) is -1.43. The molecule has 0 spiro atoms. The first-order valence-electron chi connectivity index (χ1n) is 5.49. The van der Waals surface area contributed by atoms with Crippen LogP contribution in [0.1, 0.15) is 16.1 Å². The molecule has 0 aliphatic rings. The summed E-state index contributed by atoms with van der Waals surface area (Å²) in [5.74, 6) is -1.52. The van der Waals surface area contributed by atoms with E-state index in [9.17, 15) is 22.4 Å². The number of halogens is 4. The molecule has 21 heavy (non-hydrogen) atoms. The van der Waals surface area contributed by atoms with Crippen LogP contribution in [-0.2, 0) is 6.18 Å². The van der Waals surface area contributed by atoms with E-state index in [1.807, 2.05) is 0 Å². The number of ether oxygens (including phenoxy) is 1. The average Bonchev–Trinajstić information content (AvgIpc) is 2.86. The van der Waals surface area contributed by atoms with Crippen molar-refractivity contribution in [3.63, 3.8) is 0 Å². The number of hydrogen-bond acceptors (Lipinski definition) is 4. The molecule has 0 fully saturated rings. The van der Waals surface area contributed by atoms with Gasteiger partial charge in [0, 0.05) is 11.4 Å². The molecule has 0 aliphatic heterocycles. The van der Waals surface area contributed by atoms with Crippen LogP contribution in [-0.4, -0.2) is 18.0 Å². The molecular formula is C12H8F4N2O2S. The van der Waals surface area contributed by atoms with Crippen LogP contribution >= 0.6 is 11.3 Å². The highest BCUT2D eigenvalue weighted by Gasteiger charge is 2.34. The van der Waals surface area contributed by atoms with E-state index in [-0.39, 0.29) is 16.4 Å². The van der Waals surface area contributed by atoms with E-state index in [1.165, 1.54) is 19.2 Å². The molecule has 1 amide bonds. The Hall–Kier alpha value is -2.16. The van der Waals surface area contributed by atoms with Crippen LogP contribution in [0.2, 0.25) is 0 Å². The van der Waals surface area contributed by atoms with Crippen LogP contribution in [0, 0.1) is 5.82 Å². The number of rotatable bonds is 3. The van der Waals surface area contributed by atoms with Gasteiger partial charge in [-0.25, -0.2) is 9.37 Å². The number of amides is 1. The Morgan fingerprint density at radius 1 is 1.38 bits per heavy atom. The van der Waals surface area contributed by atoms with E-state index in [0.717, 1.165) is 11.4 Å². The normalized spacial score (nSPS) is 11.3. The lowest BCUT2D eigenvalue weighted by atomic mass is 10.2. The first-order chi connectivity index (χ1) is 9.81. The van der Waals surface area contributed by atoms with Crippen molar-refractivity contribution in [2.45, 2.75) is 6.18 Å². The third kappa shape index (κ3) is 3.48. The number of carbonyl (C=O) groups is 1. The summed E-state index contributed by atoms with van der Waals surface area (Å²) in [6, 6.07) is 3.53. The Balaban J connectivity index is 2.16. The van der Waals surface area contributed by atoms with Gasteiger partial charge in [-0.15, -0.1) is 11.3 Å². The fourth-order valence-corrected chi connectivity index (χ4v) is 2.15. The number of benzene rings is 1. The average molecular weight is 320 g/mol. The van der Waals surface area contributed by atoms with Crippen LogP contribution in [0.4, 0.5) is 22.7 Å². The predicted molar refractivity (Wildman–Crippen MR) is 68.0 cm³/mol. The standard InChI is InChI=1S/C12H8F4N2O2S/c1-20-6-2-3-7(8(13)4-6)10(19)18-11-17-9(5-21-11)12(14,15)16/h2-5H,1H3,(H,17,18,19). The van der Waals surface area contributed by atoms with Crippen molar-refractivity contribution in [1.29, 1.82) is 0 Å². The third-order valence-electron chi connectivity index (χ3n) is 2.44. The molecule has 0 radical (unpaired) electrons. The Bertz CT molecular complexity index is 670. The van der Waals surface area contributed by atoms with Crippen LogP contribution < -0.4 is 10.1 Å². The van der Waals surface area contributed by atoms with E-state index >= 15 is 0 Å². The minimum Gasteiger partial charge on any atom is -0.497 e. The van der Waals surface area contributed by atoms with Crippen molar-refractivity contribution in [1.82, 2.24) is 4.98 Å². The maximum Gasteiger partial charge on any atom is 0.434 e. The highest BCUT2D eigenvalue weighted by Crippen LogP contribution is 2.31. The third-order valence-corrected chi connectivity index (χ3v) is 3.19. The lowest BCUT2D eigenvalue weighted by Gasteiger charge is -2.05. The van der Waals surface area contributed by atoms with E-state index in [0.29, 0.717) is 11.3 Å². The molecule has 0 bridgehead atoms. The van der Waals surface area contributed by atoms with Crippen LogP contribution in [0.25, 0.3) is 0 Å². The molecule has 0 atom stereocenters. The second-order valence-electron chi connectivity index (χ2n) is 3.84. The van der Waals surface area contributed by atoms with Gasteiger partial charge in [0.15, 0.2) is 10.8 Å². The number of hydrogen-bond donors (Lipinski definition) is 1. The summed E-state index contributed by atoms with van der Waals surface area (Å²) in [6.07, 6.45) is -4.59. The van der Waals surface area contributed by atoms with Gasteiger partial charge in [0.1, 0.15) is 11.6 Å². The van der Waals surface area contributed by atoms with E-state index < -0.39 is 23.6 Å². The fraction of sp³-hybridized carbons (Fsp3) is 0.167. The number of methoxy groups -OCH3 is 1. The molecule has 2 aromatic rings. The second-order valence-corrected chi connectivity index (χ2v) is 4.69. The highest BCUT2D eigenvalue weighted by molar-refractivity contribution is 7.14. The number of alkyl halides is 3. The monoisotopic (exact) mass is 320 g/mol. The van der Waals surface area contributed by atoms with Crippen LogP contribution in [0.15, 0.2) is 23.6 Å². The molecule has 1 heterocycles. The smallest absolute Gasteiger partial charge is 0.434 e. The number of thiazole rings is 1. The van der Waals surface area contributed by atoms with Gasteiger partial charge >= 0.3 is 6.18 Å². The van der Waals surface area contributed by atoms with Gasteiger partial charge in [-0.1, -0.05) is 0 Å². The number of aromatic nitrogens is 1. The zero-order valence-corrected chi connectivity index (χ0v) is 11.3. The Morgan fingerprint density at radius 3 is 2.62 bits per heavy atom. The van der Waals surface area contributed by atoms with Gasteiger partial charge < -0.3 is 4.74 Å². The maximum atomic E-state index is 13.6. The van der Waals surface area contributed by atoms with Gasteiger partial charge in [0.05, 0.1) is 12.7 Å². The largest absolute Gasteiger partial charge is 0.497 e. The lowest BCUT2D eigenvalue weighted by molar-refractivity contribution is -0.140. The topological polar surface area (TPSA) is 51.2 Å². The zero-order valence-electron chi connectivity index (χ0n) is 10.5. The van der Waals surface area contributed by atoms with Crippen LogP contribution in [0.3, 0.4) is 0 Å². The van der Waals surface area contributed by atoms with E-state index in [2.05, 4.69) is 10.3 Å². The summed E-state index contributed by atoms with van der Waals surface area (Å²) in [4.78, 5) is 15.0. The summed E-state index contributed by atoms with van der Waals surface area (Å²) in [6.45, 7) is 0. The molecule has 0 saturated heterocycles. The maximum absolute atomic E-state index is 13.6. The number of carbonyl (C=O) groups excluding carboxylic acids is 1. The second kappa shape index (κ2) is 5.68. The van der Waals surface area contributed by atoms with Crippen LogP contribution in [0.5, 0.6) is 5.75 Å². The Morgan fingerprint density at radius 2 is 2.10 bits per heavy atom. The molecule has 1 aromatic carbocycles. The summed E-state index contributed by atoms with van der Waals surface area (Å²) >= 11 is 0.603. The summed E-state index contributed by atoms with van der Waals surface area (Å²) < 4.78 is 55.5. The van der Waals surface area contributed by atoms with Crippen molar-refractivity contribution in [2.24, 2.45) is 0 Å². The van der Waals surface area contributed by atoms with Crippen molar-refractivity contribution in [3.05, 3.63) is 40.7 Å².